The van der Waals surface area contributed by atoms with Crippen LogP contribution in [0.25, 0.3) is 11.1 Å². The van der Waals surface area contributed by atoms with Gasteiger partial charge >= 0.3 is 0 Å². The van der Waals surface area contributed by atoms with Crippen LogP contribution in [-0.2, 0) is 0 Å². The molecule has 3 nitrogen and oxygen atoms in total. The van der Waals surface area contributed by atoms with Gasteiger partial charge in [0.05, 0.1) is 0 Å². The molecule has 16 heavy (non-hydrogen) atoms. The summed E-state index contributed by atoms with van der Waals surface area (Å²) in [5.41, 5.74) is 2.42. The molecule has 3 heteroatoms. The average Bonchev–Trinajstić information content (AvgIpc) is 2.23. The summed E-state index contributed by atoms with van der Waals surface area (Å²) in [5, 5.41) is 28.1. The van der Waals surface area contributed by atoms with Gasteiger partial charge in [-0.15, -0.1) is 0 Å². The summed E-state index contributed by atoms with van der Waals surface area (Å²) in [7, 11) is 0. The molecular formula is C13H12O3. The molecule has 82 valence electrons. The number of benzene rings is 2. The molecule has 0 aromatic heterocycles. The van der Waals surface area contributed by atoms with Crippen molar-refractivity contribution in [1.29, 1.82) is 0 Å². The van der Waals surface area contributed by atoms with Crippen molar-refractivity contribution in [2.24, 2.45) is 0 Å². The van der Waals surface area contributed by atoms with Crippen LogP contribution in [0, 0.1) is 6.92 Å². The maximum atomic E-state index is 9.44. The molecule has 0 atom stereocenters. The molecule has 0 aliphatic carbocycles. The fourth-order valence-electron chi connectivity index (χ4n) is 1.67. The van der Waals surface area contributed by atoms with Crippen LogP contribution >= 0.6 is 0 Å². The van der Waals surface area contributed by atoms with Gasteiger partial charge in [0.15, 0.2) is 11.5 Å². The summed E-state index contributed by atoms with van der Waals surface area (Å²) in [4.78, 5) is 0. The minimum atomic E-state index is -0.163. The first-order valence-corrected chi connectivity index (χ1v) is 4.90. The SMILES string of the molecule is Cc1cc(O)c(O)cc1-c1cccc(O)c1. The smallest absolute Gasteiger partial charge is 0.158 e. The monoisotopic (exact) mass is 216 g/mol. The second-order valence-electron chi connectivity index (χ2n) is 3.71. The first-order chi connectivity index (χ1) is 7.58. The van der Waals surface area contributed by atoms with Crippen molar-refractivity contribution in [3.63, 3.8) is 0 Å². The zero-order chi connectivity index (χ0) is 11.7. The Morgan fingerprint density at radius 2 is 1.56 bits per heavy atom. The lowest BCUT2D eigenvalue weighted by molar-refractivity contribution is 0.403. The molecule has 0 aliphatic rings. The van der Waals surface area contributed by atoms with E-state index in [0.717, 1.165) is 16.7 Å². The van der Waals surface area contributed by atoms with Crippen molar-refractivity contribution in [2.45, 2.75) is 6.92 Å². The van der Waals surface area contributed by atoms with Crippen LogP contribution in [0.1, 0.15) is 5.56 Å². The van der Waals surface area contributed by atoms with Gasteiger partial charge in [0.25, 0.3) is 0 Å². The van der Waals surface area contributed by atoms with Crippen molar-refractivity contribution >= 4 is 0 Å². The molecule has 0 radical (unpaired) electrons. The minimum Gasteiger partial charge on any atom is -0.508 e. The van der Waals surface area contributed by atoms with E-state index in [1.54, 1.807) is 18.2 Å². The standard InChI is InChI=1S/C13H12O3/c1-8-5-12(15)13(16)7-11(8)9-3-2-4-10(14)6-9/h2-7,14-16H,1H3. The third-order valence-corrected chi connectivity index (χ3v) is 2.48. The molecule has 0 spiro atoms. The lowest BCUT2D eigenvalue weighted by Crippen LogP contribution is -1.83. The van der Waals surface area contributed by atoms with Gasteiger partial charge in [-0.25, -0.2) is 0 Å². The van der Waals surface area contributed by atoms with E-state index >= 15 is 0 Å². The van der Waals surface area contributed by atoms with E-state index in [0.29, 0.717) is 0 Å². The molecule has 0 aliphatic heterocycles. The Hall–Kier alpha value is -2.16. The van der Waals surface area contributed by atoms with Gasteiger partial charge < -0.3 is 15.3 Å². The number of phenolic OH excluding ortho intramolecular Hbond substituents is 3. The minimum absolute atomic E-state index is 0.138. The number of aromatic hydroxyl groups is 3. The van der Waals surface area contributed by atoms with Crippen LogP contribution in [0.2, 0.25) is 0 Å². The number of phenols is 3. The summed E-state index contributed by atoms with van der Waals surface area (Å²) in [5.74, 6) is -0.130. The Morgan fingerprint density at radius 3 is 2.25 bits per heavy atom. The largest absolute Gasteiger partial charge is 0.508 e. The molecule has 0 heterocycles. The second kappa shape index (κ2) is 3.77. The molecule has 2 rings (SSSR count). The molecule has 0 saturated carbocycles. The van der Waals surface area contributed by atoms with E-state index in [9.17, 15) is 15.3 Å². The van der Waals surface area contributed by atoms with Crippen molar-refractivity contribution in [2.75, 3.05) is 0 Å². The molecule has 2 aromatic carbocycles. The van der Waals surface area contributed by atoms with Crippen LogP contribution in [-0.4, -0.2) is 15.3 Å². The number of rotatable bonds is 1. The molecule has 0 saturated heterocycles. The third kappa shape index (κ3) is 1.80. The van der Waals surface area contributed by atoms with E-state index in [2.05, 4.69) is 0 Å². The summed E-state index contributed by atoms with van der Waals surface area (Å²) >= 11 is 0. The Labute approximate surface area is 93.2 Å². The van der Waals surface area contributed by atoms with Crippen LogP contribution in [0.4, 0.5) is 0 Å². The maximum absolute atomic E-state index is 9.44. The first kappa shape index (κ1) is 10.4. The predicted molar refractivity (Wildman–Crippen MR) is 61.6 cm³/mol. The predicted octanol–water partition coefficient (Wildman–Crippen LogP) is 2.78. The fourth-order valence-corrected chi connectivity index (χ4v) is 1.67. The highest BCUT2D eigenvalue weighted by molar-refractivity contribution is 5.71. The Balaban J connectivity index is 2.60. The maximum Gasteiger partial charge on any atom is 0.158 e. The highest BCUT2D eigenvalue weighted by Gasteiger charge is 2.07. The van der Waals surface area contributed by atoms with Crippen molar-refractivity contribution < 1.29 is 15.3 Å². The fraction of sp³-hybridized carbons (Fsp3) is 0.0769. The third-order valence-electron chi connectivity index (χ3n) is 2.48. The highest BCUT2D eigenvalue weighted by atomic mass is 16.3. The van der Waals surface area contributed by atoms with Crippen LogP contribution in [0.3, 0.4) is 0 Å². The molecule has 0 bridgehead atoms. The lowest BCUT2D eigenvalue weighted by Gasteiger charge is -2.08. The lowest BCUT2D eigenvalue weighted by atomic mass is 10.00. The molecule has 3 N–H and O–H groups in total. The van der Waals surface area contributed by atoms with E-state index in [1.807, 2.05) is 13.0 Å². The highest BCUT2D eigenvalue weighted by Crippen LogP contribution is 2.34. The van der Waals surface area contributed by atoms with Crippen LogP contribution in [0.5, 0.6) is 17.2 Å². The van der Waals surface area contributed by atoms with Crippen LogP contribution < -0.4 is 0 Å². The van der Waals surface area contributed by atoms with Gasteiger partial charge in [-0.05, 0) is 47.9 Å². The Morgan fingerprint density at radius 1 is 0.875 bits per heavy atom. The molecule has 0 fully saturated rings. The number of aryl methyl sites for hydroxylation is 1. The van der Waals surface area contributed by atoms with Crippen molar-refractivity contribution in [3.05, 3.63) is 42.0 Å². The Kier molecular flexibility index (Phi) is 2.44. The quantitative estimate of drug-likeness (QED) is 0.642. The molecular weight excluding hydrogens is 204 g/mol. The van der Waals surface area contributed by atoms with Gasteiger partial charge in [0.2, 0.25) is 0 Å². The normalized spacial score (nSPS) is 10.3. The van der Waals surface area contributed by atoms with Gasteiger partial charge in [-0.1, -0.05) is 12.1 Å². The second-order valence-corrected chi connectivity index (χ2v) is 3.71. The number of hydrogen-bond donors (Lipinski definition) is 3. The zero-order valence-electron chi connectivity index (χ0n) is 8.81. The van der Waals surface area contributed by atoms with Gasteiger partial charge in [-0.2, -0.15) is 0 Å². The average molecular weight is 216 g/mol. The molecule has 0 unspecified atom stereocenters. The topological polar surface area (TPSA) is 60.7 Å². The van der Waals surface area contributed by atoms with E-state index in [4.69, 9.17) is 0 Å². The summed E-state index contributed by atoms with van der Waals surface area (Å²) in [6, 6.07) is 9.73. The molecule has 0 amide bonds. The van der Waals surface area contributed by atoms with Crippen molar-refractivity contribution in [1.82, 2.24) is 0 Å². The molecule has 2 aromatic rings. The van der Waals surface area contributed by atoms with Gasteiger partial charge in [0.1, 0.15) is 5.75 Å². The van der Waals surface area contributed by atoms with Crippen LogP contribution in [0.15, 0.2) is 36.4 Å². The van der Waals surface area contributed by atoms with Crippen molar-refractivity contribution in [3.8, 4) is 28.4 Å². The summed E-state index contributed by atoms with van der Waals surface area (Å²) in [6.07, 6.45) is 0. The van der Waals surface area contributed by atoms with Gasteiger partial charge in [-0.3, -0.25) is 0 Å². The summed E-state index contributed by atoms with van der Waals surface area (Å²) in [6.45, 7) is 1.83. The van der Waals surface area contributed by atoms with E-state index < -0.39 is 0 Å². The first-order valence-electron chi connectivity index (χ1n) is 4.90. The number of hydrogen-bond acceptors (Lipinski definition) is 3. The van der Waals surface area contributed by atoms with Gasteiger partial charge in [0, 0.05) is 0 Å². The zero-order valence-corrected chi connectivity index (χ0v) is 8.81. The summed E-state index contributed by atoms with van der Waals surface area (Å²) < 4.78 is 0. The van der Waals surface area contributed by atoms with E-state index in [1.165, 1.54) is 12.1 Å². The Bertz CT molecular complexity index is 533. The van der Waals surface area contributed by atoms with E-state index in [-0.39, 0.29) is 17.2 Å².